The van der Waals surface area contributed by atoms with Crippen molar-refractivity contribution in [2.24, 2.45) is 0 Å². The van der Waals surface area contributed by atoms with Crippen molar-refractivity contribution in [3.63, 3.8) is 0 Å². The van der Waals surface area contributed by atoms with Gasteiger partial charge in [-0.2, -0.15) is 0 Å². The highest BCUT2D eigenvalue weighted by molar-refractivity contribution is 7.99. The molecule has 22 heavy (non-hydrogen) atoms. The molecule has 114 valence electrons. The molecule has 1 aliphatic carbocycles. The lowest BCUT2D eigenvalue weighted by Crippen LogP contribution is -2.41. The summed E-state index contributed by atoms with van der Waals surface area (Å²) in [6, 6.07) is 9.38. The predicted molar refractivity (Wildman–Crippen MR) is 82.2 cm³/mol. The van der Waals surface area contributed by atoms with E-state index in [1.807, 2.05) is 30.3 Å². The number of benzene rings is 1. The lowest BCUT2D eigenvalue weighted by Gasteiger charge is -2.03. The van der Waals surface area contributed by atoms with Crippen molar-refractivity contribution < 1.29 is 9.59 Å². The number of aromatic amines is 1. The van der Waals surface area contributed by atoms with Gasteiger partial charge >= 0.3 is 6.03 Å². The highest BCUT2D eigenvalue weighted by Crippen LogP contribution is 2.19. The van der Waals surface area contributed by atoms with Crippen LogP contribution in [-0.2, 0) is 4.79 Å². The molecule has 1 saturated carbocycles. The molecule has 0 bridgehead atoms. The molecule has 0 spiro atoms. The summed E-state index contributed by atoms with van der Waals surface area (Å²) in [6.45, 7) is 0. The number of hydrogen-bond acceptors (Lipinski definition) is 5. The molecule has 7 nitrogen and oxygen atoms in total. The maximum atomic E-state index is 11.6. The van der Waals surface area contributed by atoms with E-state index in [1.165, 1.54) is 11.8 Å². The number of carbonyl (C=O) groups is 2. The number of H-pyrrole nitrogens is 1. The van der Waals surface area contributed by atoms with Gasteiger partial charge in [0.05, 0.1) is 5.75 Å². The Balaban J connectivity index is 1.48. The monoisotopic (exact) mass is 317 g/mol. The zero-order valence-electron chi connectivity index (χ0n) is 11.7. The number of rotatable bonds is 5. The Labute approximate surface area is 131 Å². The van der Waals surface area contributed by atoms with E-state index in [4.69, 9.17) is 0 Å². The number of thioether (sulfide) groups is 1. The van der Waals surface area contributed by atoms with Crippen LogP contribution < -0.4 is 10.6 Å². The van der Waals surface area contributed by atoms with Gasteiger partial charge in [0, 0.05) is 11.6 Å². The van der Waals surface area contributed by atoms with Crippen LogP contribution >= 0.6 is 11.8 Å². The second-order valence-corrected chi connectivity index (χ2v) is 5.86. The average molecular weight is 317 g/mol. The van der Waals surface area contributed by atoms with Crippen LogP contribution in [0.1, 0.15) is 12.8 Å². The van der Waals surface area contributed by atoms with E-state index < -0.39 is 6.03 Å². The summed E-state index contributed by atoms with van der Waals surface area (Å²) in [5.41, 5.74) is 0.926. The van der Waals surface area contributed by atoms with E-state index in [9.17, 15) is 9.59 Å². The number of carbonyl (C=O) groups excluding carboxylic acids is 2. The van der Waals surface area contributed by atoms with Crippen LogP contribution in [0.3, 0.4) is 0 Å². The van der Waals surface area contributed by atoms with Crippen LogP contribution in [0, 0.1) is 0 Å². The average Bonchev–Trinajstić information content (AvgIpc) is 3.19. The van der Waals surface area contributed by atoms with Crippen molar-refractivity contribution in [2.45, 2.75) is 24.0 Å². The Morgan fingerprint density at radius 1 is 1.27 bits per heavy atom. The summed E-state index contributed by atoms with van der Waals surface area (Å²) in [7, 11) is 0. The van der Waals surface area contributed by atoms with Crippen LogP contribution in [-0.4, -0.2) is 38.9 Å². The summed E-state index contributed by atoms with van der Waals surface area (Å²) in [5, 5.41) is 12.3. The fourth-order valence-electron chi connectivity index (χ4n) is 1.78. The lowest BCUT2D eigenvalue weighted by molar-refractivity contribution is -0.117. The maximum Gasteiger partial charge on any atom is 0.321 e. The van der Waals surface area contributed by atoms with E-state index in [2.05, 4.69) is 25.8 Å². The molecule has 0 unspecified atom stereocenters. The first-order valence-corrected chi connectivity index (χ1v) is 7.90. The minimum absolute atomic E-state index is 0.0875. The van der Waals surface area contributed by atoms with E-state index in [0.29, 0.717) is 11.0 Å². The molecule has 1 aromatic heterocycles. The van der Waals surface area contributed by atoms with Gasteiger partial charge in [0.1, 0.15) is 0 Å². The molecule has 1 fully saturated rings. The molecule has 0 radical (unpaired) electrons. The summed E-state index contributed by atoms with van der Waals surface area (Å²) < 4.78 is 0. The fourth-order valence-corrected chi connectivity index (χ4v) is 2.38. The standard InChI is InChI=1S/C14H15N5O2S/c20-11(16-13(21)15-10-6-7-10)8-22-14-17-12(18-19-14)9-4-2-1-3-5-9/h1-5,10H,6-8H2,(H,17,18,19)(H2,15,16,20,21). The second-order valence-electron chi connectivity index (χ2n) is 4.92. The van der Waals surface area contributed by atoms with Crippen molar-refractivity contribution in [2.75, 3.05) is 5.75 Å². The Morgan fingerprint density at radius 3 is 2.77 bits per heavy atom. The minimum Gasteiger partial charge on any atom is -0.335 e. The first-order valence-electron chi connectivity index (χ1n) is 6.91. The van der Waals surface area contributed by atoms with E-state index in [1.54, 1.807) is 0 Å². The highest BCUT2D eigenvalue weighted by Gasteiger charge is 2.23. The number of amides is 3. The number of urea groups is 1. The smallest absolute Gasteiger partial charge is 0.321 e. The van der Waals surface area contributed by atoms with Crippen LogP contribution in [0.15, 0.2) is 35.5 Å². The van der Waals surface area contributed by atoms with Crippen LogP contribution in [0.4, 0.5) is 4.79 Å². The first kappa shape index (κ1) is 14.6. The third kappa shape index (κ3) is 4.08. The van der Waals surface area contributed by atoms with Gasteiger partial charge in [-0.15, -0.1) is 5.10 Å². The zero-order chi connectivity index (χ0) is 15.4. The summed E-state index contributed by atoms with van der Waals surface area (Å²) in [4.78, 5) is 27.4. The number of nitrogens with one attached hydrogen (secondary N) is 3. The van der Waals surface area contributed by atoms with Crippen molar-refractivity contribution in [3.05, 3.63) is 30.3 Å². The first-order chi connectivity index (χ1) is 10.7. The molecule has 8 heteroatoms. The number of nitrogens with zero attached hydrogens (tertiary/aromatic N) is 2. The van der Waals surface area contributed by atoms with E-state index in [-0.39, 0.29) is 17.7 Å². The molecule has 1 heterocycles. The Morgan fingerprint density at radius 2 is 2.05 bits per heavy atom. The van der Waals surface area contributed by atoms with Gasteiger partial charge in [-0.25, -0.2) is 9.78 Å². The van der Waals surface area contributed by atoms with Gasteiger partial charge in [-0.1, -0.05) is 42.1 Å². The normalized spacial score (nSPS) is 13.6. The second kappa shape index (κ2) is 6.61. The Hall–Kier alpha value is -2.35. The molecule has 0 aliphatic heterocycles. The summed E-state index contributed by atoms with van der Waals surface area (Å²) in [6.07, 6.45) is 1.96. The molecular weight excluding hydrogens is 302 g/mol. The Kier molecular flexibility index (Phi) is 4.38. The largest absolute Gasteiger partial charge is 0.335 e. The van der Waals surface area contributed by atoms with Gasteiger partial charge in [-0.05, 0) is 12.8 Å². The zero-order valence-corrected chi connectivity index (χ0v) is 12.5. The van der Waals surface area contributed by atoms with Gasteiger partial charge in [-0.3, -0.25) is 15.2 Å². The van der Waals surface area contributed by atoms with E-state index in [0.717, 1.165) is 18.4 Å². The molecule has 1 aromatic carbocycles. The predicted octanol–water partition coefficient (Wildman–Crippen LogP) is 1.55. The van der Waals surface area contributed by atoms with Crippen molar-refractivity contribution in [1.82, 2.24) is 25.8 Å². The van der Waals surface area contributed by atoms with Crippen LogP contribution in [0.25, 0.3) is 11.4 Å². The number of aromatic nitrogens is 3. The molecular formula is C14H15N5O2S. The molecule has 0 saturated heterocycles. The SMILES string of the molecule is O=C(CSc1n[nH]c(-c2ccccc2)n1)NC(=O)NC1CC1. The van der Waals surface area contributed by atoms with Gasteiger partial charge in [0.2, 0.25) is 11.1 Å². The van der Waals surface area contributed by atoms with Crippen LogP contribution in [0.2, 0.25) is 0 Å². The van der Waals surface area contributed by atoms with Gasteiger partial charge in [0.15, 0.2) is 5.82 Å². The van der Waals surface area contributed by atoms with Crippen LogP contribution in [0.5, 0.6) is 0 Å². The maximum absolute atomic E-state index is 11.6. The quantitative estimate of drug-likeness (QED) is 0.727. The lowest BCUT2D eigenvalue weighted by atomic mass is 10.2. The molecule has 3 amide bonds. The molecule has 1 aliphatic rings. The molecule has 2 aromatic rings. The third-order valence-electron chi connectivity index (χ3n) is 3.01. The summed E-state index contributed by atoms with van der Waals surface area (Å²) in [5.74, 6) is 0.369. The summed E-state index contributed by atoms with van der Waals surface area (Å²) >= 11 is 1.18. The van der Waals surface area contributed by atoms with Crippen molar-refractivity contribution >= 4 is 23.7 Å². The molecule has 3 N–H and O–H groups in total. The molecule has 3 rings (SSSR count). The van der Waals surface area contributed by atoms with Crippen molar-refractivity contribution in [1.29, 1.82) is 0 Å². The van der Waals surface area contributed by atoms with Gasteiger partial charge in [0.25, 0.3) is 0 Å². The molecule has 0 atom stereocenters. The van der Waals surface area contributed by atoms with Crippen molar-refractivity contribution in [3.8, 4) is 11.4 Å². The minimum atomic E-state index is -0.437. The van der Waals surface area contributed by atoms with E-state index >= 15 is 0 Å². The van der Waals surface area contributed by atoms with Gasteiger partial charge < -0.3 is 5.32 Å². The Bertz CT molecular complexity index is 669. The topological polar surface area (TPSA) is 99.8 Å². The number of imide groups is 1. The highest BCUT2D eigenvalue weighted by atomic mass is 32.2. The third-order valence-corrected chi connectivity index (χ3v) is 3.86. The fraction of sp³-hybridized carbons (Fsp3) is 0.286. The number of hydrogen-bond donors (Lipinski definition) is 3.